The Hall–Kier alpha value is -1.55. The number of hydrogen-bond acceptors (Lipinski definition) is 3. The maximum absolute atomic E-state index is 10.9. The maximum atomic E-state index is 10.9. The van der Waals surface area contributed by atoms with Crippen molar-refractivity contribution in [1.29, 1.82) is 0 Å². The molecule has 1 rings (SSSR count). The molecule has 1 amide bonds. The Labute approximate surface area is 90.0 Å². The summed E-state index contributed by atoms with van der Waals surface area (Å²) in [6.45, 7) is 5.79. The van der Waals surface area contributed by atoms with Gasteiger partial charge in [0.2, 0.25) is 0 Å². The second-order valence-corrected chi connectivity index (χ2v) is 2.57. The van der Waals surface area contributed by atoms with Crippen LogP contribution in [0.4, 0.5) is 10.5 Å². The summed E-state index contributed by atoms with van der Waals surface area (Å²) in [6.07, 6.45) is -0.797. The van der Waals surface area contributed by atoms with E-state index in [0.29, 0.717) is 10.8 Å². The number of anilines is 1. The van der Waals surface area contributed by atoms with Gasteiger partial charge in [0.15, 0.2) is 0 Å². The first-order chi connectivity index (χ1) is 7.16. The molecule has 15 heavy (non-hydrogen) atoms. The lowest BCUT2D eigenvalue weighted by Gasteiger charge is -2.14. The van der Waals surface area contributed by atoms with Crippen molar-refractivity contribution in [3.05, 3.63) is 29.8 Å². The number of nitrogens with zero attached hydrogens (tertiary/aromatic N) is 1. The molecule has 0 spiro atoms. The second kappa shape index (κ2) is 6.84. The highest BCUT2D eigenvalue weighted by molar-refractivity contribution is 5.85. The van der Waals surface area contributed by atoms with Gasteiger partial charge in [0.05, 0.1) is 12.8 Å². The lowest BCUT2D eigenvalue weighted by atomic mass is 10.2. The fraction of sp³-hybridized carbons (Fsp3) is 0.364. The zero-order valence-electron chi connectivity index (χ0n) is 9.52. The first kappa shape index (κ1) is 13.4. The highest BCUT2D eigenvalue weighted by Gasteiger charge is 2.14. The van der Waals surface area contributed by atoms with E-state index in [4.69, 9.17) is 0 Å². The number of carbonyl (C=O) groups excluding carboxylic acids is 1. The molecule has 0 unspecified atom stereocenters. The van der Waals surface area contributed by atoms with Crippen molar-refractivity contribution in [3.8, 4) is 0 Å². The SMILES string of the molecule is CC.COC(=O)N(O)c1ccccc1C. The fourth-order valence-corrected chi connectivity index (χ4v) is 0.986. The highest BCUT2D eigenvalue weighted by Crippen LogP contribution is 2.17. The average Bonchev–Trinajstić information content (AvgIpc) is 2.30. The Bertz CT molecular complexity index is 312. The molecule has 0 heterocycles. The monoisotopic (exact) mass is 211 g/mol. The van der Waals surface area contributed by atoms with Crippen LogP contribution < -0.4 is 5.06 Å². The smallest absolute Gasteiger partial charge is 0.438 e. The van der Waals surface area contributed by atoms with Crippen LogP contribution >= 0.6 is 0 Å². The molecule has 1 N–H and O–H groups in total. The zero-order chi connectivity index (χ0) is 11.8. The molecular weight excluding hydrogens is 194 g/mol. The Morgan fingerprint density at radius 3 is 2.33 bits per heavy atom. The first-order valence-electron chi connectivity index (χ1n) is 4.79. The van der Waals surface area contributed by atoms with E-state index >= 15 is 0 Å². The standard InChI is InChI=1S/C9H11NO3.C2H6/c1-7-5-3-4-6-8(7)10(12)9(11)13-2;1-2/h3-6,12H,1-2H3;1-2H3. The summed E-state index contributed by atoms with van der Waals surface area (Å²) in [5, 5.41) is 9.81. The predicted molar refractivity (Wildman–Crippen MR) is 59.2 cm³/mol. The van der Waals surface area contributed by atoms with Crippen molar-refractivity contribution in [1.82, 2.24) is 0 Å². The van der Waals surface area contributed by atoms with Crippen LogP contribution in [-0.2, 0) is 4.74 Å². The number of ether oxygens (including phenoxy) is 1. The van der Waals surface area contributed by atoms with Crippen LogP contribution in [0, 0.1) is 6.92 Å². The van der Waals surface area contributed by atoms with Gasteiger partial charge in [0.1, 0.15) is 0 Å². The van der Waals surface area contributed by atoms with Crippen molar-refractivity contribution >= 4 is 11.8 Å². The minimum absolute atomic E-state index is 0.425. The van der Waals surface area contributed by atoms with Crippen LogP contribution in [0.5, 0.6) is 0 Å². The Kier molecular flexibility index (Phi) is 6.13. The number of aryl methyl sites for hydroxylation is 1. The molecule has 0 saturated heterocycles. The lowest BCUT2D eigenvalue weighted by Crippen LogP contribution is -2.27. The van der Waals surface area contributed by atoms with E-state index in [0.717, 1.165) is 5.56 Å². The van der Waals surface area contributed by atoms with Crippen molar-refractivity contribution in [2.24, 2.45) is 0 Å². The van der Waals surface area contributed by atoms with E-state index in [1.54, 1.807) is 25.1 Å². The van der Waals surface area contributed by atoms with Crippen LogP contribution in [0.1, 0.15) is 19.4 Å². The van der Waals surface area contributed by atoms with Crippen molar-refractivity contribution in [3.63, 3.8) is 0 Å². The molecule has 0 bridgehead atoms. The molecule has 1 aromatic carbocycles. The van der Waals surface area contributed by atoms with Gasteiger partial charge >= 0.3 is 6.09 Å². The number of rotatable bonds is 1. The summed E-state index contributed by atoms with van der Waals surface area (Å²) < 4.78 is 4.36. The summed E-state index contributed by atoms with van der Waals surface area (Å²) in [5.41, 5.74) is 1.23. The van der Waals surface area contributed by atoms with Crippen LogP contribution in [0.2, 0.25) is 0 Å². The van der Waals surface area contributed by atoms with Crippen molar-refractivity contribution in [2.75, 3.05) is 12.2 Å². The molecule has 1 aromatic rings. The number of carbonyl (C=O) groups is 1. The molecule has 4 heteroatoms. The van der Waals surface area contributed by atoms with Gasteiger partial charge in [-0.2, -0.15) is 5.06 Å². The Morgan fingerprint density at radius 2 is 1.87 bits per heavy atom. The highest BCUT2D eigenvalue weighted by atomic mass is 16.6. The number of amides is 1. The van der Waals surface area contributed by atoms with E-state index < -0.39 is 6.09 Å². The largest absolute Gasteiger partial charge is 0.451 e. The molecule has 0 radical (unpaired) electrons. The van der Waals surface area contributed by atoms with Crippen LogP contribution in [0.3, 0.4) is 0 Å². The van der Waals surface area contributed by atoms with Gasteiger partial charge in [-0.05, 0) is 18.6 Å². The van der Waals surface area contributed by atoms with Crippen LogP contribution in [-0.4, -0.2) is 18.4 Å². The van der Waals surface area contributed by atoms with Crippen LogP contribution in [0.25, 0.3) is 0 Å². The van der Waals surface area contributed by atoms with Gasteiger partial charge in [-0.1, -0.05) is 32.0 Å². The van der Waals surface area contributed by atoms with Gasteiger partial charge in [-0.15, -0.1) is 0 Å². The van der Waals surface area contributed by atoms with Gasteiger partial charge < -0.3 is 4.74 Å². The average molecular weight is 211 g/mol. The van der Waals surface area contributed by atoms with Gasteiger partial charge in [0, 0.05) is 0 Å². The van der Waals surface area contributed by atoms with E-state index in [-0.39, 0.29) is 0 Å². The summed E-state index contributed by atoms with van der Waals surface area (Å²) in [4.78, 5) is 10.9. The zero-order valence-corrected chi connectivity index (χ0v) is 9.52. The topological polar surface area (TPSA) is 49.8 Å². The predicted octanol–water partition coefficient (Wildman–Crippen LogP) is 2.98. The summed E-state index contributed by atoms with van der Waals surface area (Å²) in [5.74, 6) is 0. The first-order valence-corrected chi connectivity index (χ1v) is 4.79. The fourth-order valence-electron chi connectivity index (χ4n) is 0.986. The van der Waals surface area contributed by atoms with Crippen molar-refractivity contribution < 1.29 is 14.7 Å². The number of methoxy groups -OCH3 is 1. The molecule has 0 saturated carbocycles. The van der Waals surface area contributed by atoms with Crippen molar-refractivity contribution in [2.45, 2.75) is 20.8 Å². The molecule has 0 aromatic heterocycles. The molecule has 0 aliphatic rings. The summed E-state index contributed by atoms with van der Waals surface area (Å²) in [6, 6.07) is 6.98. The molecule has 84 valence electrons. The number of hydroxylamine groups is 1. The minimum atomic E-state index is -0.797. The minimum Gasteiger partial charge on any atom is -0.451 e. The van der Waals surface area contributed by atoms with Gasteiger partial charge in [0.25, 0.3) is 0 Å². The van der Waals surface area contributed by atoms with E-state index in [1.807, 2.05) is 19.9 Å². The number of para-hydroxylation sites is 1. The Morgan fingerprint density at radius 1 is 1.33 bits per heavy atom. The van der Waals surface area contributed by atoms with Gasteiger partial charge in [-0.3, -0.25) is 5.21 Å². The van der Waals surface area contributed by atoms with Gasteiger partial charge in [-0.25, -0.2) is 4.79 Å². The number of benzene rings is 1. The summed E-state index contributed by atoms with van der Waals surface area (Å²) >= 11 is 0. The Balaban J connectivity index is 0.000000921. The van der Waals surface area contributed by atoms with E-state index in [2.05, 4.69) is 4.74 Å². The molecule has 4 nitrogen and oxygen atoms in total. The third-order valence-corrected chi connectivity index (χ3v) is 1.69. The third kappa shape index (κ3) is 3.59. The molecule has 0 aliphatic heterocycles. The van der Waals surface area contributed by atoms with E-state index in [9.17, 15) is 10.0 Å². The normalized spacial score (nSPS) is 8.60. The summed E-state index contributed by atoms with van der Waals surface area (Å²) in [7, 11) is 1.21. The molecule has 0 fully saturated rings. The quantitative estimate of drug-likeness (QED) is 0.574. The van der Waals surface area contributed by atoms with Crippen LogP contribution in [0.15, 0.2) is 24.3 Å². The molecule has 0 aliphatic carbocycles. The maximum Gasteiger partial charge on any atom is 0.438 e. The lowest BCUT2D eigenvalue weighted by molar-refractivity contribution is 0.141. The molecule has 0 atom stereocenters. The second-order valence-electron chi connectivity index (χ2n) is 2.57. The molecular formula is C11H17NO3. The third-order valence-electron chi connectivity index (χ3n) is 1.69. The van der Waals surface area contributed by atoms with E-state index in [1.165, 1.54) is 7.11 Å². The number of hydrogen-bond donors (Lipinski definition) is 1.